The van der Waals surface area contributed by atoms with Gasteiger partial charge in [0.05, 0.1) is 11.3 Å². The molecule has 0 bridgehead atoms. The first-order chi connectivity index (χ1) is 11.9. The summed E-state index contributed by atoms with van der Waals surface area (Å²) in [6, 6.07) is 4.76. The van der Waals surface area contributed by atoms with Gasteiger partial charge in [-0.25, -0.2) is 4.98 Å². The fraction of sp³-hybridized carbons (Fsp3) is 0.444. The maximum absolute atomic E-state index is 12.4. The number of nitrogens with zero attached hydrogens (tertiary/aromatic N) is 2. The van der Waals surface area contributed by atoms with Crippen LogP contribution in [0.15, 0.2) is 36.7 Å². The van der Waals surface area contributed by atoms with E-state index in [0.29, 0.717) is 17.2 Å². The lowest BCUT2D eigenvalue weighted by molar-refractivity contribution is -0.137. The van der Waals surface area contributed by atoms with E-state index in [1.54, 1.807) is 20.2 Å². The van der Waals surface area contributed by atoms with Crippen LogP contribution in [0.25, 0.3) is 0 Å². The molecule has 1 aliphatic rings. The van der Waals surface area contributed by atoms with Gasteiger partial charge in [0, 0.05) is 31.8 Å². The number of rotatable bonds is 5. The second kappa shape index (κ2) is 8.80. The summed E-state index contributed by atoms with van der Waals surface area (Å²) >= 11 is 0. The van der Waals surface area contributed by atoms with Crippen molar-refractivity contribution in [1.82, 2.24) is 9.97 Å². The van der Waals surface area contributed by atoms with Crippen molar-refractivity contribution in [3.8, 4) is 0 Å². The zero-order valence-electron chi connectivity index (χ0n) is 14.3. The average Bonchev–Trinajstić information content (AvgIpc) is 3.40. The number of hydrogen-bond donors (Lipinski definition) is 1. The zero-order chi connectivity index (χ0) is 18.3. The smallest absolute Gasteiger partial charge is 0.385 e. The van der Waals surface area contributed by atoms with Gasteiger partial charge in [-0.15, -0.1) is 0 Å². The molecule has 1 aromatic heterocycles. The number of nitrogens with one attached hydrogen (secondary N) is 1. The molecule has 1 N–H and O–H groups in total. The van der Waals surface area contributed by atoms with Crippen LogP contribution in [0.5, 0.6) is 0 Å². The van der Waals surface area contributed by atoms with Crippen molar-refractivity contribution in [2.75, 3.05) is 19.0 Å². The van der Waals surface area contributed by atoms with Crippen LogP contribution in [0.3, 0.4) is 0 Å². The lowest BCUT2D eigenvalue weighted by atomic mass is 10.2. The number of anilines is 2. The minimum Gasteiger partial charge on any atom is -0.385 e. The van der Waals surface area contributed by atoms with Gasteiger partial charge in [-0.05, 0) is 43.5 Å². The van der Waals surface area contributed by atoms with Gasteiger partial charge in [-0.3, -0.25) is 4.98 Å². The molecule has 4 nitrogen and oxygen atoms in total. The Morgan fingerprint density at radius 2 is 1.76 bits per heavy atom. The normalized spacial score (nSPS) is 13.8. The summed E-state index contributed by atoms with van der Waals surface area (Å²) in [6.45, 7) is 2.73. The predicted octanol–water partition coefficient (Wildman–Crippen LogP) is 4.98. The Hall–Kier alpha value is -2.15. The van der Waals surface area contributed by atoms with E-state index in [1.165, 1.54) is 37.6 Å². The highest BCUT2D eigenvalue weighted by Crippen LogP contribution is 2.32. The fourth-order valence-electron chi connectivity index (χ4n) is 2.10. The molecule has 2 aromatic rings. The number of hydrogen-bond acceptors (Lipinski definition) is 4. The third kappa shape index (κ3) is 6.70. The van der Waals surface area contributed by atoms with Gasteiger partial charge >= 0.3 is 6.18 Å². The van der Waals surface area contributed by atoms with E-state index >= 15 is 0 Å². The third-order valence-electron chi connectivity index (χ3n) is 3.78. The summed E-state index contributed by atoms with van der Waals surface area (Å²) in [5, 5.41) is 2.91. The summed E-state index contributed by atoms with van der Waals surface area (Å²) in [4.78, 5) is 8.08. The van der Waals surface area contributed by atoms with E-state index in [2.05, 4.69) is 15.3 Å². The molecule has 0 amide bonds. The Kier molecular flexibility index (Phi) is 6.75. The van der Waals surface area contributed by atoms with Crippen LogP contribution in [0.4, 0.5) is 24.7 Å². The highest BCUT2D eigenvalue weighted by atomic mass is 19.4. The van der Waals surface area contributed by atoms with Crippen LogP contribution in [0.1, 0.15) is 30.5 Å². The van der Waals surface area contributed by atoms with Crippen LogP contribution in [0, 0.1) is 12.8 Å². The summed E-state index contributed by atoms with van der Waals surface area (Å²) < 4.78 is 42.0. The van der Waals surface area contributed by atoms with Gasteiger partial charge in [0.15, 0.2) is 5.82 Å². The van der Waals surface area contributed by atoms with Gasteiger partial charge in [0.2, 0.25) is 0 Å². The summed E-state index contributed by atoms with van der Waals surface area (Å²) in [7, 11) is 1.77. The van der Waals surface area contributed by atoms with Crippen molar-refractivity contribution in [3.63, 3.8) is 0 Å². The molecule has 0 radical (unpaired) electrons. The molecule has 3 rings (SSSR count). The number of aromatic nitrogens is 2. The molecule has 0 atom stereocenters. The molecular formula is C18H22F3N3O. The second-order valence-electron chi connectivity index (χ2n) is 5.92. The number of aryl methyl sites for hydroxylation is 1. The molecule has 0 spiro atoms. The molecule has 1 fully saturated rings. The van der Waals surface area contributed by atoms with Crippen LogP contribution < -0.4 is 5.32 Å². The Labute approximate surface area is 145 Å². The molecule has 1 saturated carbocycles. The first-order valence-electron chi connectivity index (χ1n) is 8.11. The molecule has 0 unspecified atom stereocenters. The molecule has 1 heterocycles. The van der Waals surface area contributed by atoms with Gasteiger partial charge < -0.3 is 10.1 Å². The van der Waals surface area contributed by atoms with Gasteiger partial charge in [-0.1, -0.05) is 12.8 Å². The number of alkyl halides is 3. The van der Waals surface area contributed by atoms with E-state index < -0.39 is 11.7 Å². The molecule has 1 aromatic carbocycles. The lowest BCUT2D eigenvalue weighted by Crippen LogP contribution is -2.04. The van der Waals surface area contributed by atoms with Gasteiger partial charge in [0.25, 0.3) is 0 Å². The van der Waals surface area contributed by atoms with E-state index in [4.69, 9.17) is 4.74 Å². The number of ether oxygens (including phenoxy) is 1. The second-order valence-corrected chi connectivity index (χ2v) is 5.92. The van der Waals surface area contributed by atoms with Crippen LogP contribution >= 0.6 is 0 Å². The Morgan fingerprint density at radius 1 is 1.12 bits per heavy atom. The third-order valence-corrected chi connectivity index (χ3v) is 3.78. The quantitative estimate of drug-likeness (QED) is 0.823. The molecule has 0 aliphatic heterocycles. The summed E-state index contributed by atoms with van der Waals surface area (Å²) in [5.74, 6) is 1.55. The highest BCUT2D eigenvalue weighted by molar-refractivity contribution is 5.57. The van der Waals surface area contributed by atoms with Gasteiger partial charge in [0.1, 0.15) is 0 Å². The van der Waals surface area contributed by atoms with Crippen molar-refractivity contribution in [2.24, 2.45) is 5.92 Å². The molecule has 25 heavy (non-hydrogen) atoms. The molecular weight excluding hydrogens is 331 g/mol. The average molecular weight is 353 g/mol. The number of benzene rings is 1. The van der Waals surface area contributed by atoms with E-state index in [1.807, 2.05) is 0 Å². The Balaban J connectivity index is 0.000000269. The van der Waals surface area contributed by atoms with Gasteiger partial charge in [-0.2, -0.15) is 13.2 Å². The summed E-state index contributed by atoms with van der Waals surface area (Å²) in [6.07, 6.45) is 2.93. The topological polar surface area (TPSA) is 47.0 Å². The van der Waals surface area contributed by atoms with Crippen LogP contribution in [-0.2, 0) is 10.9 Å². The first kappa shape index (κ1) is 19.2. The monoisotopic (exact) mass is 353 g/mol. The first-order valence-corrected chi connectivity index (χ1v) is 8.11. The summed E-state index contributed by atoms with van der Waals surface area (Å²) in [5.41, 5.74) is 0.535. The minimum absolute atomic E-state index is 0.525. The van der Waals surface area contributed by atoms with Crippen molar-refractivity contribution in [1.29, 1.82) is 0 Å². The largest absolute Gasteiger partial charge is 0.416 e. The highest BCUT2D eigenvalue weighted by Gasteiger charge is 2.29. The molecule has 7 heteroatoms. The Morgan fingerprint density at radius 3 is 2.28 bits per heavy atom. The standard InChI is InChI=1S/C12H10F3N3.C6H12O/c1-8-11(17-7-6-16-8)18-10-4-2-9(3-5-10)12(13,14)15;1-7-5-4-6-2-3-6/h2-7H,1H3,(H,17,18);6H,2-5H2,1H3. The zero-order valence-corrected chi connectivity index (χ0v) is 14.3. The predicted molar refractivity (Wildman–Crippen MR) is 90.7 cm³/mol. The number of halogens is 3. The van der Waals surface area contributed by atoms with Crippen LogP contribution in [0.2, 0.25) is 0 Å². The fourth-order valence-corrected chi connectivity index (χ4v) is 2.10. The maximum atomic E-state index is 12.4. The van der Waals surface area contributed by atoms with Crippen molar-refractivity contribution in [3.05, 3.63) is 47.9 Å². The Bertz CT molecular complexity index is 655. The minimum atomic E-state index is -4.32. The molecule has 136 valence electrons. The SMILES string of the molecule is COCCC1CC1.Cc1nccnc1Nc1ccc(C(F)(F)F)cc1. The number of methoxy groups -OCH3 is 1. The maximum Gasteiger partial charge on any atom is 0.416 e. The van der Waals surface area contributed by atoms with Crippen LogP contribution in [-0.4, -0.2) is 23.7 Å². The lowest BCUT2D eigenvalue weighted by Gasteiger charge is -2.09. The van der Waals surface area contributed by atoms with E-state index in [0.717, 1.165) is 24.7 Å². The molecule has 1 aliphatic carbocycles. The molecule has 0 saturated heterocycles. The van der Waals surface area contributed by atoms with E-state index in [-0.39, 0.29) is 0 Å². The van der Waals surface area contributed by atoms with Crippen molar-refractivity contribution >= 4 is 11.5 Å². The van der Waals surface area contributed by atoms with E-state index in [9.17, 15) is 13.2 Å². The van der Waals surface area contributed by atoms with Crippen molar-refractivity contribution in [2.45, 2.75) is 32.4 Å². The van der Waals surface area contributed by atoms with Crippen molar-refractivity contribution < 1.29 is 17.9 Å².